The third-order valence-electron chi connectivity index (χ3n) is 5.04. The van der Waals surface area contributed by atoms with Crippen LogP contribution in [0.2, 0.25) is 0 Å². The molecule has 9 heteroatoms. The van der Waals surface area contributed by atoms with Gasteiger partial charge in [-0.25, -0.2) is 8.42 Å². The van der Waals surface area contributed by atoms with Crippen LogP contribution in [0.25, 0.3) is 6.08 Å². The standard InChI is InChI=1S/C20H28N4O4S/c1-22(15-19(25)21-18-7-8-18)16-20(26)23-10-12-24(13-11-23)29(27,28)14-9-17-5-3-2-4-6-17/h2-6,9,14,18H,7-8,10-13,15-16H2,1H3,(H,21,25)/p+1/b14-9+. The fourth-order valence-corrected chi connectivity index (χ4v) is 4.39. The maximum Gasteiger partial charge on any atom is 0.277 e. The van der Waals surface area contributed by atoms with Gasteiger partial charge in [0.1, 0.15) is 0 Å². The van der Waals surface area contributed by atoms with E-state index in [1.165, 1.54) is 9.71 Å². The van der Waals surface area contributed by atoms with Crippen molar-refractivity contribution in [2.45, 2.75) is 18.9 Å². The highest BCUT2D eigenvalue weighted by Gasteiger charge is 2.29. The molecular weight excluding hydrogens is 392 g/mol. The molecule has 2 amide bonds. The van der Waals surface area contributed by atoms with E-state index in [4.69, 9.17) is 0 Å². The van der Waals surface area contributed by atoms with E-state index in [0.29, 0.717) is 19.1 Å². The Bertz CT molecular complexity index is 844. The minimum Gasteiger partial charge on any atom is -0.348 e. The van der Waals surface area contributed by atoms with Crippen LogP contribution in [0.4, 0.5) is 0 Å². The van der Waals surface area contributed by atoms with Crippen molar-refractivity contribution in [2.75, 3.05) is 46.3 Å². The van der Waals surface area contributed by atoms with Gasteiger partial charge in [-0.05, 0) is 24.5 Å². The summed E-state index contributed by atoms with van der Waals surface area (Å²) in [7, 11) is -1.70. The number of quaternary nitrogens is 1. The Labute approximate surface area is 172 Å². The Morgan fingerprint density at radius 3 is 2.38 bits per heavy atom. The van der Waals surface area contributed by atoms with E-state index >= 15 is 0 Å². The quantitative estimate of drug-likeness (QED) is 0.559. The first kappa shape index (κ1) is 21.5. The van der Waals surface area contributed by atoms with E-state index < -0.39 is 10.0 Å². The van der Waals surface area contributed by atoms with Crippen molar-refractivity contribution in [3.8, 4) is 0 Å². The molecule has 0 radical (unpaired) electrons. The fraction of sp³-hybridized carbons (Fsp3) is 0.500. The summed E-state index contributed by atoms with van der Waals surface area (Å²) in [5.41, 5.74) is 0.821. The lowest BCUT2D eigenvalue weighted by Crippen LogP contribution is -3.11. The summed E-state index contributed by atoms with van der Waals surface area (Å²) < 4.78 is 26.4. The molecule has 3 rings (SSSR count). The number of rotatable bonds is 8. The van der Waals surface area contributed by atoms with Crippen LogP contribution in [0.15, 0.2) is 35.7 Å². The molecule has 1 saturated carbocycles. The topological polar surface area (TPSA) is 91.2 Å². The lowest BCUT2D eigenvalue weighted by Gasteiger charge is -2.33. The molecule has 1 aliphatic heterocycles. The number of likely N-dealkylation sites (N-methyl/N-ethyl adjacent to an activating group) is 1. The number of nitrogens with zero attached hydrogens (tertiary/aromatic N) is 2. The molecule has 1 unspecified atom stereocenters. The number of benzene rings is 1. The molecule has 158 valence electrons. The number of nitrogens with one attached hydrogen (secondary N) is 2. The number of carbonyl (C=O) groups excluding carboxylic acids is 2. The Morgan fingerprint density at radius 1 is 1.10 bits per heavy atom. The van der Waals surface area contributed by atoms with Gasteiger partial charge in [-0.2, -0.15) is 4.31 Å². The molecule has 1 aliphatic carbocycles. The molecule has 2 N–H and O–H groups in total. The molecule has 1 heterocycles. The van der Waals surface area contributed by atoms with E-state index in [1.807, 2.05) is 37.4 Å². The second-order valence-corrected chi connectivity index (χ2v) is 9.51. The van der Waals surface area contributed by atoms with Crippen LogP contribution in [0, 0.1) is 0 Å². The number of piperazine rings is 1. The van der Waals surface area contributed by atoms with Crippen LogP contribution in [0.5, 0.6) is 0 Å². The van der Waals surface area contributed by atoms with Crippen molar-refractivity contribution in [1.82, 2.24) is 14.5 Å². The van der Waals surface area contributed by atoms with Crippen molar-refractivity contribution in [3.63, 3.8) is 0 Å². The monoisotopic (exact) mass is 421 g/mol. The lowest BCUT2D eigenvalue weighted by molar-refractivity contribution is -0.863. The van der Waals surface area contributed by atoms with E-state index in [-0.39, 0.29) is 38.0 Å². The van der Waals surface area contributed by atoms with Crippen molar-refractivity contribution < 1.29 is 22.9 Å². The van der Waals surface area contributed by atoms with Crippen molar-refractivity contribution in [3.05, 3.63) is 41.3 Å². The zero-order chi connectivity index (χ0) is 20.9. The summed E-state index contributed by atoms with van der Waals surface area (Å²) >= 11 is 0. The number of sulfonamides is 1. The fourth-order valence-electron chi connectivity index (χ4n) is 3.22. The minimum absolute atomic E-state index is 0.0288. The summed E-state index contributed by atoms with van der Waals surface area (Å²) in [6.07, 6.45) is 3.66. The van der Waals surface area contributed by atoms with Gasteiger partial charge in [0.25, 0.3) is 11.8 Å². The first-order valence-corrected chi connectivity index (χ1v) is 11.5. The summed E-state index contributed by atoms with van der Waals surface area (Å²) in [5, 5.41) is 4.14. The molecule has 0 aromatic heterocycles. The number of hydrogen-bond donors (Lipinski definition) is 2. The highest BCUT2D eigenvalue weighted by atomic mass is 32.2. The molecule has 0 spiro atoms. The largest absolute Gasteiger partial charge is 0.348 e. The zero-order valence-electron chi connectivity index (χ0n) is 16.7. The molecule has 1 atom stereocenters. The Morgan fingerprint density at radius 2 is 1.76 bits per heavy atom. The second-order valence-electron chi connectivity index (χ2n) is 7.69. The van der Waals surface area contributed by atoms with Crippen LogP contribution in [0.1, 0.15) is 18.4 Å². The zero-order valence-corrected chi connectivity index (χ0v) is 17.5. The summed E-state index contributed by atoms with van der Waals surface area (Å²) in [4.78, 5) is 26.8. The molecule has 8 nitrogen and oxygen atoms in total. The molecule has 0 bridgehead atoms. The Hall–Kier alpha value is -2.23. The molecule has 29 heavy (non-hydrogen) atoms. The molecule has 1 saturated heterocycles. The van der Waals surface area contributed by atoms with Crippen molar-refractivity contribution in [2.24, 2.45) is 0 Å². The lowest BCUT2D eigenvalue weighted by atomic mass is 10.2. The predicted molar refractivity (Wildman–Crippen MR) is 110 cm³/mol. The summed E-state index contributed by atoms with van der Waals surface area (Å²) in [6, 6.07) is 9.58. The highest BCUT2D eigenvalue weighted by Crippen LogP contribution is 2.18. The van der Waals surface area contributed by atoms with Crippen LogP contribution in [0.3, 0.4) is 0 Å². The van der Waals surface area contributed by atoms with Gasteiger partial charge in [-0.15, -0.1) is 0 Å². The predicted octanol–water partition coefficient (Wildman–Crippen LogP) is -1.08. The first-order valence-electron chi connectivity index (χ1n) is 9.95. The van der Waals surface area contributed by atoms with Gasteiger partial charge in [0, 0.05) is 37.6 Å². The maximum atomic E-state index is 12.5. The third-order valence-corrected chi connectivity index (χ3v) is 6.61. The molecule has 1 aromatic rings. The van der Waals surface area contributed by atoms with Gasteiger partial charge in [0.05, 0.1) is 7.05 Å². The van der Waals surface area contributed by atoms with Crippen LogP contribution >= 0.6 is 0 Å². The molecule has 1 aromatic carbocycles. The van der Waals surface area contributed by atoms with Crippen LogP contribution in [-0.2, 0) is 19.6 Å². The van der Waals surface area contributed by atoms with E-state index in [1.54, 1.807) is 11.0 Å². The van der Waals surface area contributed by atoms with Gasteiger partial charge >= 0.3 is 0 Å². The van der Waals surface area contributed by atoms with Gasteiger partial charge in [-0.1, -0.05) is 30.3 Å². The molecular formula is C20H29N4O4S+. The van der Waals surface area contributed by atoms with E-state index in [9.17, 15) is 18.0 Å². The molecule has 2 aliphatic rings. The Kier molecular flexibility index (Phi) is 7.05. The normalized spacial score (nSPS) is 19.3. The summed E-state index contributed by atoms with van der Waals surface area (Å²) in [5.74, 6) is -0.0856. The van der Waals surface area contributed by atoms with Gasteiger partial charge in [0.15, 0.2) is 13.1 Å². The van der Waals surface area contributed by atoms with Crippen LogP contribution < -0.4 is 10.2 Å². The third kappa shape index (κ3) is 6.66. The number of hydrogen-bond acceptors (Lipinski definition) is 4. The van der Waals surface area contributed by atoms with Crippen LogP contribution in [-0.4, -0.2) is 81.8 Å². The first-order chi connectivity index (χ1) is 13.8. The highest BCUT2D eigenvalue weighted by molar-refractivity contribution is 7.92. The maximum absolute atomic E-state index is 12.5. The average Bonchev–Trinajstić information content (AvgIpc) is 3.51. The van der Waals surface area contributed by atoms with E-state index in [0.717, 1.165) is 23.3 Å². The number of carbonyl (C=O) groups is 2. The second kappa shape index (κ2) is 9.51. The number of amides is 2. The summed E-state index contributed by atoms with van der Waals surface area (Å²) in [6.45, 7) is 1.75. The van der Waals surface area contributed by atoms with Gasteiger partial charge < -0.3 is 15.1 Å². The van der Waals surface area contributed by atoms with Crippen molar-refractivity contribution in [1.29, 1.82) is 0 Å². The van der Waals surface area contributed by atoms with E-state index in [2.05, 4.69) is 5.32 Å². The van der Waals surface area contributed by atoms with Gasteiger partial charge in [0.2, 0.25) is 10.0 Å². The Balaban J connectivity index is 1.44. The SMILES string of the molecule is C[NH+](CC(=O)NC1CC1)CC(=O)N1CCN(S(=O)(=O)/C=C/c2ccccc2)CC1. The molecule has 2 fully saturated rings. The minimum atomic E-state index is -3.52. The average molecular weight is 422 g/mol. The smallest absolute Gasteiger partial charge is 0.277 e. The van der Waals surface area contributed by atoms with Crippen molar-refractivity contribution >= 4 is 27.9 Å². The van der Waals surface area contributed by atoms with Gasteiger partial charge in [-0.3, -0.25) is 9.59 Å².